The summed E-state index contributed by atoms with van der Waals surface area (Å²) in [5, 5.41) is 3.71. The van der Waals surface area contributed by atoms with E-state index >= 15 is 0 Å². The van der Waals surface area contributed by atoms with Crippen molar-refractivity contribution in [1.29, 1.82) is 0 Å². The summed E-state index contributed by atoms with van der Waals surface area (Å²) in [6.07, 6.45) is 15.2. The van der Waals surface area contributed by atoms with Gasteiger partial charge in [-0.05, 0) is 44.9 Å². The minimum absolute atomic E-state index is 0.00661. The Morgan fingerprint density at radius 1 is 1.23 bits per heavy atom. The Kier molecular flexibility index (Phi) is 5.70. The van der Waals surface area contributed by atoms with E-state index in [1.54, 1.807) is 31.3 Å². The number of nitrogens with zero attached hydrogens (tertiary/aromatic N) is 3. The van der Waals surface area contributed by atoms with E-state index in [0.717, 1.165) is 37.5 Å². The van der Waals surface area contributed by atoms with Crippen LogP contribution < -0.4 is 10.0 Å². The van der Waals surface area contributed by atoms with Gasteiger partial charge in [-0.2, -0.15) is 4.98 Å². The molecule has 0 aromatic carbocycles. The van der Waals surface area contributed by atoms with Crippen molar-refractivity contribution >= 4 is 38.7 Å². The van der Waals surface area contributed by atoms with Crippen LogP contribution in [0.2, 0.25) is 0 Å². The van der Waals surface area contributed by atoms with Crippen molar-refractivity contribution in [2.45, 2.75) is 57.9 Å². The summed E-state index contributed by atoms with van der Waals surface area (Å²) in [6.45, 7) is 3.57. The smallest absolute Gasteiger partial charge is 0.264 e. The number of allylic oxidation sites excluding steroid dienone is 5. The summed E-state index contributed by atoms with van der Waals surface area (Å²) in [7, 11) is -3.86. The molecule has 1 aliphatic carbocycles. The first-order chi connectivity index (χ1) is 14.9. The van der Waals surface area contributed by atoms with Crippen molar-refractivity contribution in [2.24, 2.45) is 0 Å². The largest absolute Gasteiger partial charge is 0.312 e. The maximum absolute atomic E-state index is 12.9. The molecular formula is C22H27N5O3S. The predicted octanol–water partition coefficient (Wildman–Crippen LogP) is 4.21. The molecule has 164 valence electrons. The summed E-state index contributed by atoms with van der Waals surface area (Å²) in [5.74, 6) is 0.716. The Bertz CT molecular complexity index is 1200. The van der Waals surface area contributed by atoms with Gasteiger partial charge in [-0.15, -0.1) is 0 Å². The number of hydrogen-bond acceptors (Lipinski definition) is 5. The normalized spacial score (nSPS) is 19.3. The van der Waals surface area contributed by atoms with Gasteiger partial charge in [-0.1, -0.05) is 37.5 Å². The van der Waals surface area contributed by atoms with E-state index in [4.69, 9.17) is 0 Å². The third kappa shape index (κ3) is 4.01. The van der Waals surface area contributed by atoms with Crippen molar-refractivity contribution in [3.05, 3.63) is 47.5 Å². The molecule has 0 saturated heterocycles. The van der Waals surface area contributed by atoms with Gasteiger partial charge in [0.2, 0.25) is 11.9 Å². The number of rotatable bonds is 5. The number of fused-ring (bicyclic) bond motifs is 4. The molecule has 1 saturated carbocycles. The summed E-state index contributed by atoms with van der Waals surface area (Å²) in [6, 6.07) is 1.86. The number of nitrogens with one attached hydrogen (secondary N) is 2. The van der Waals surface area contributed by atoms with E-state index in [2.05, 4.69) is 24.6 Å². The molecule has 1 aliphatic heterocycles. The van der Waals surface area contributed by atoms with Crippen molar-refractivity contribution in [2.75, 3.05) is 10.0 Å². The third-order valence-corrected chi connectivity index (χ3v) is 7.22. The Hall–Kier alpha value is -2.94. The molecule has 3 heterocycles. The third-order valence-electron chi connectivity index (χ3n) is 5.88. The van der Waals surface area contributed by atoms with Crippen molar-refractivity contribution in [3.8, 4) is 0 Å². The van der Waals surface area contributed by atoms with E-state index in [9.17, 15) is 13.2 Å². The topological polar surface area (TPSA) is 106 Å². The zero-order valence-corrected chi connectivity index (χ0v) is 18.6. The van der Waals surface area contributed by atoms with Crippen molar-refractivity contribution in [3.63, 3.8) is 0 Å². The summed E-state index contributed by atoms with van der Waals surface area (Å²) >= 11 is 0. The first-order valence-electron chi connectivity index (χ1n) is 10.6. The highest BCUT2D eigenvalue weighted by Gasteiger charge is 2.42. The van der Waals surface area contributed by atoms with E-state index in [-0.39, 0.29) is 22.3 Å². The molecule has 4 rings (SSSR count). The van der Waals surface area contributed by atoms with Crippen LogP contribution in [0.4, 0.5) is 11.8 Å². The van der Waals surface area contributed by atoms with Gasteiger partial charge in [-0.3, -0.25) is 4.79 Å². The lowest BCUT2D eigenvalue weighted by molar-refractivity contribution is -0.119. The molecule has 1 spiro atoms. The number of carbonyl (C=O) groups excluding carboxylic acids is 1. The standard InChI is InChI=1S/C22H27N5O3S/c1-3-5-10-17(9-4-2)31(29,30)26-21-23-15-16-13-18-24-19(28)14-22(11-7-6-8-12-22)27(18)20(16)25-21/h3-5,9-10,13,15H,6-8,11-12,14H2,1-2H3,(H,24,28)(H,23,25,26)/b5-3-,9-4-,17-10+. The molecule has 2 aromatic rings. The highest BCUT2D eigenvalue weighted by atomic mass is 32.2. The molecule has 31 heavy (non-hydrogen) atoms. The second-order valence-electron chi connectivity index (χ2n) is 8.05. The minimum Gasteiger partial charge on any atom is -0.312 e. The maximum Gasteiger partial charge on any atom is 0.264 e. The predicted molar refractivity (Wildman–Crippen MR) is 122 cm³/mol. The van der Waals surface area contributed by atoms with Crippen LogP contribution in [-0.4, -0.2) is 28.9 Å². The SMILES string of the molecule is C\C=C/C=C(\C=C/C)S(=O)(=O)Nc1ncc2cc3n(c2n1)C1(CCCCC1)CC(=O)N3. The van der Waals surface area contributed by atoms with E-state index < -0.39 is 10.0 Å². The van der Waals surface area contributed by atoms with Crippen LogP contribution in [0.15, 0.2) is 47.5 Å². The Labute approximate surface area is 182 Å². The molecule has 0 unspecified atom stereocenters. The molecule has 2 aromatic heterocycles. The second-order valence-corrected chi connectivity index (χ2v) is 9.73. The van der Waals surface area contributed by atoms with Crippen LogP contribution in [-0.2, 0) is 20.4 Å². The van der Waals surface area contributed by atoms with Crippen LogP contribution in [0.1, 0.15) is 52.4 Å². The van der Waals surface area contributed by atoms with Gasteiger partial charge >= 0.3 is 0 Å². The first-order valence-corrected chi connectivity index (χ1v) is 12.0. The van der Waals surface area contributed by atoms with Gasteiger partial charge in [-0.25, -0.2) is 18.1 Å². The molecule has 0 radical (unpaired) electrons. The average Bonchev–Trinajstić information content (AvgIpc) is 3.09. The number of amides is 1. The zero-order chi connectivity index (χ0) is 22.1. The van der Waals surface area contributed by atoms with Crippen molar-refractivity contribution < 1.29 is 13.2 Å². The van der Waals surface area contributed by atoms with E-state index in [0.29, 0.717) is 17.9 Å². The molecule has 1 amide bonds. The second kappa shape index (κ2) is 8.30. The summed E-state index contributed by atoms with van der Waals surface area (Å²) < 4.78 is 30.4. The van der Waals surface area contributed by atoms with Gasteiger partial charge in [0.25, 0.3) is 10.0 Å². The minimum atomic E-state index is -3.86. The quantitative estimate of drug-likeness (QED) is 0.676. The van der Waals surface area contributed by atoms with Gasteiger partial charge in [0.05, 0.1) is 16.9 Å². The molecular weight excluding hydrogens is 414 g/mol. The lowest BCUT2D eigenvalue weighted by Crippen LogP contribution is -2.44. The Morgan fingerprint density at radius 2 is 2.00 bits per heavy atom. The number of sulfonamides is 1. The number of carbonyl (C=O) groups is 1. The summed E-state index contributed by atoms with van der Waals surface area (Å²) in [5.41, 5.74) is 0.319. The number of aromatic nitrogens is 3. The van der Waals surface area contributed by atoms with E-state index in [1.165, 1.54) is 12.2 Å². The van der Waals surface area contributed by atoms with Gasteiger partial charge < -0.3 is 9.88 Å². The van der Waals surface area contributed by atoms with Crippen LogP contribution in [0, 0.1) is 0 Å². The highest BCUT2D eigenvalue weighted by Crippen LogP contribution is 2.45. The Balaban J connectivity index is 1.77. The lowest BCUT2D eigenvalue weighted by atomic mass is 9.78. The summed E-state index contributed by atoms with van der Waals surface area (Å²) in [4.78, 5) is 21.3. The molecule has 1 fully saturated rings. The monoisotopic (exact) mass is 441 g/mol. The van der Waals surface area contributed by atoms with Gasteiger partial charge in [0, 0.05) is 11.6 Å². The Morgan fingerprint density at radius 3 is 2.71 bits per heavy atom. The number of anilines is 2. The molecule has 2 N–H and O–H groups in total. The highest BCUT2D eigenvalue weighted by molar-refractivity contribution is 7.96. The van der Waals surface area contributed by atoms with Crippen LogP contribution in [0.3, 0.4) is 0 Å². The average molecular weight is 442 g/mol. The fraction of sp³-hybridized carbons (Fsp3) is 0.409. The molecule has 0 atom stereocenters. The first kappa shape index (κ1) is 21.3. The molecule has 9 heteroatoms. The van der Waals surface area contributed by atoms with Gasteiger partial charge in [0.15, 0.2) is 0 Å². The zero-order valence-electron chi connectivity index (χ0n) is 17.8. The van der Waals surface area contributed by atoms with Crippen LogP contribution in [0.5, 0.6) is 0 Å². The molecule has 0 bridgehead atoms. The fourth-order valence-corrected chi connectivity index (χ4v) is 5.58. The van der Waals surface area contributed by atoms with Crippen LogP contribution >= 0.6 is 0 Å². The lowest BCUT2D eigenvalue weighted by Gasteiger charge is -2.42. The number of hydrogen-bond donors (Lipinski definition) is 2. The molecule has 8 nitrogen and oxygen atoms in total. The van der Waals surface area contributed by atoms with Crippen LogP contribution in [0.25, 0.3) is 11.0 Å². The molecule has 2 aliphatic rings. The van der Waals surface area contributed by atoms with Crippen molar-refractivity contribution in [1.82, 2.24) is 14.5 Å². The van der Waals surface area contributed by atoms with E-state index in [1.807, 2.05) is 13.0 Å². The maximum atomic E-state index is 12.9. The van der Waals surface area contributed by atoms with Gasteiger partial charge in [0.1, 0.15) is 11.5 Å². The fourth-order valence-electron chi connectivity index (χ4n) is 4.55.